The summed E-state index contributed by atoms with van der Waals surface area (Å²) in [6.45, 7) is 3.18. The second kappa shape index (κ2) is 6.87. The van der Waals surface area contributed by atoms with Crippen molar-refractivity contribution in [2.75, 3.05) is 19.0 Å². The molecule has 20 heavy (non-hydrogen) atoms. The van der Waals surface area contributed by atoms with Crippen LogP contribution in [0.4, 0.5) is 0 Å². The van der Waals surface area contributed by atoms with Crippen LogP contribution in [0.2, 0.25) is 0 Å². The molecule has 2 N–H and O–H groups in total. The molecule has 0 saturated heterocycles. The molecule has 1 aromatic carbocycles. The maximum Gasteiger partial charge on any atom is 0.162 e. The first-order valence-corrected chi connectivity index (χ1v) is 7.88. The van der Waals surface area contributed by atoms with Crippen LogP contribution in [0, 0.1) is 11.3 Å². The number of nitrogens with two attached hydrogens (primary N) is 1. The van der Waals surface area contributed by atoms with Gasteiger partial charge in [-0.05, 0) is 43.2 Å². The van der Waals surface area contributed by atoms with E-state index in [1.165, 1.54) is 0 Å². The Balaban J connectivity index is 1.82. The highest BCUT2D eigenvalue weighted by Gasteiger charge is 2.21. The van der Waals surface area contributed by atoms with Gasteiger partial charge in [-0.1, -0.05) is 6.92 Å². The van der Waals surface area contributed by atoms with E-state index in [0.717, 1.165) is 35.0 Å². The lowest BCUT2D eigenvalue weighted by Crippen LogP contribution is -2.37. The van der Waals surface area contributed by atoms with E-state index in [-0.39, 0.29) is 0 Å². The summed E-state index contributed by atoms with van der Waals surface area (Å²) < 4.78 is 11.0. The van der Waals surface area contributed by atoms with Gasteiger partial charge in [0.2, 0.25) is 0 Å². The number of fused-ring (bicyclic) bond motifs is 1. The van der Waals surface area contributed by atoms with Gasteiger partial charge in [-0.2, -0.15) is 5.26 Å². The molecule has 1 heterocycles. The van der Waals surface area contributed by atoms with E-state index in [1.54, 1.807) is 11.8 Å². The second-order valence-electron chi connectivity index (χ2n) is 4.88. The monoisotopic (exact) mass is 292 g/mol. The van der Waals surface area contributed by atoms with E-state index >= 15 is 0 Å². The summed E-state index contributed by atoms with van der Waals surface area (Å²) >= 11 is 1.75. The minimum absolute atomic E-state index is 0.607. The average Bonchev–Trinajstić information content (AvgIpc) is 2.51. The van der Waals surface area contributed by atoms with E-state index in [4.69, 9.17) is 20.5 Å². The topological polar surface area (TPSA) is 68.3 Å². The second-order valence-corrected chi connectivity index (χ2v) is 6.05. The van der Waals surface area contributed by atoms with Crippen LogP contribution < -0.4 is 15.2 Å². The summed E-state index contributed by atoms with van der Waals surface area (Å²) in [5.41, 5.74) is 5.29. The van der Waals surface area contributed by atoms with Crippen molar-refractivity contribution in [3.8, 4) is 17.6 Å². The molecule has 1 atom stereocenters. The van der Waals surface area contributed by atoms with Crippen molar-refractivity contribution < 1.29 is 9.47 Å². The Kier molecular flexibility index (Phi) is 5.16. The van der Waals surface area contributed by atoms with Crippen molar-refractivity contribution in [3.63, 3.8) is 0 Å². The molecular weight excluding hydrogens is 272 g/mol. The van der Waals surface area contributed by atoms with Crippen LogP contribution in [0.15, 0.2) is 23.1 Å². The fourth-order valence-electron chi connectivity index (χ4n) is 2.00. The molecule has 0 spiro atoms. The molecule has 1 aliphatic heterocycles. The molecule has 1 aliphatic rings. The lowest BCUT2D eigenvalue weighted by Gasteiger charge is -2.19. The minimum Gasteiger partial charge on any atom is -0.486 e. The van der Waals surface area contributed by atoms with E-state index in [9.17, 15) is 0 Å². The minimum atomic E-state index is -0.673. The molecule has 0 fully saturated rings. The van der Waals surface area contributed by atoms with Gasteiger partial charge in [-0.25, -0.2) is 0 Å². The van der Waals surface area contributed by atoms with Crippen LogP contribution in [0.3, 0.4) is 0 Å². The fraction of sp³-hybridized carbons (Fsp3) is 0.533. The van der Waals surface area contributed by atoms with Gasteiger partial charge in [0, 0.05) is 4.90 Å². The number of hydrogen-bond acceptors (Lipinski definition) is 5. The molecule has 0 aromatic heterocycles. The fourth-order valence-corrected chi connectivity index (χ4v) is 2.88. The third kappa shape index (κ3) is 3.81. The molecule has 0 aliphatic carbocycles. The molecule has 0 saturated carbocycles. The summed E-state index contributed by atoms with van der Waals surface area (Å²) in [5, 5.41) is 9.02. The summed E-state index contributed by atoms with van der Waals surface area (Å²) in [7, 11) is 0. The maximum absolute atomic E-state index is 9.02. The van der Waals surface area contributed by atoms with Gasteiger partial charge in [0.1, 0.15) is 18.8 Å². The number of nitrogens with zero attached hydrogens (tertiary/aromatic N) is 1. The zero-order valence-electron chi connectivity index (χ0n) is 11.7. The van der Waals surface area contributed by atoms with Gasteiger partial charge in [0.15, 0.2) is 11.5 Å². The molecule has 1 unspecified atom stereocenters. The average molecular weight is 292 g/mol. The first kappa shape index (κ1) is 15.0. The smallest absolute Gasteiger partial charge is 0.162 e. The van der Waals surface area contributed by atoms with Gasteiger partial charge in [-0.15, -0.1) is 11.8 Å². The molecule has 5 heteroatoms. The lowest BCUT2D eigenvalue weighted by atomic mass is 9.94. The Morgan fingerprint density at radius 3 is 2.80 bits per heavy atom. The van der Waals surface area contributed by atoms with Gasteiger partial charge in [0.25, 0.3) is 0 Å². The normalized spacial score (nSPS) is 16.2. The van der Waals surface area contributed by atoms with E-state index < -0.39 is 5.54 Å². The number of nitriles is 1. The first-order chi connectivity index (χ1) is 9.67. The highest BCUT2D eigenvalue weighted by atomic mass is 32.2. The lowest BCUT2D eigenvalue weighted by molar-refractivity contribution is 0.171. The molecular formula is C15H20N2O2S. The predicted octanol–water partition coefficient (Wildman–Crippen LogP) is 2.96. The van der Waals surface area contributed by atoms with E-state index in [2.05, 4.69) is 6.07 Å². The Labute approximate surface area is 124 Å². The summed E-state index contributed by atoms with van der Waals surface area (Å²) in [4.78, 5) is 1.16. The zero-order valence-corrected chi connectivity index (χ0v) is 12.5. The van der Waals surface area contributed by atoms with Crippen LogP contribution in [-0.4, -0.2) is 24.5 Å². The Bertz CT molecular complexity index is 501. The van der Waals surface area contributed by atoms with Gasteiger partial charge in [0.05, 0.1) is 6.07 Å². The SMILES string of the molecule is CCC(N)(C#N)CCCSc1ccc2c(c1)OCCO2. The summed E-state index contributed by atoms with van der Waals surface area (Å²) in [6, 6.07) is 8.20. The Hall–Kier alpha value is -1.38. The van der Waals surface area contributed by atoms with Crippen molar-refractivity contribution in [2.45, 2.75) is 36.6 Å². The van der Waals surface area contributed by atoms with Crippen LogP contribution in [0.25, 0.3) is 0 Å². The number of rotatable bonds is 6. The first-order valence-electron chi connectivity index (χ1n) is 6.89. The standard InChI is InChI=1S/C15H20N2O2S/c1-2-15(17,11-16)6-3-9-20-12-4-5-13-14(10-12)19-8-7-18-13/h4-5,10H,2-3,6-9,17H2,1H3. The highest BCUT2D eigenvalue weighted by molar-refractivity contribution is 7.99. The van der Waals surface area contributed by atoms with Crippen molar-refractivity contribution in [1.82, 2.24) is 0 Å². The molecule has 0 amide bonds. The van der Waals surface area contributed by atoms with E-state index in [1.807, 2.05) is 25.1 Å². The molecule has 4 nitrogen and oxygen atoms in total. The highest BCUT2D eigenvalue weighted by Crippen LogP contribution is 2.34. The Morgan fingerprint density at radius 1 is 1.35 bits per heavy atom. The third-order valence-electron chi connectivity index (χ3n) is 3.40. The van der Waals surface area contributed by atoms with Gasteiger partial charge >= 0.3 is 0 Å². The van der Waals surface area contributed by atoms with Crippen LogP contribution >= 0.6 is 11.8 Å². The van der Waals surface area contributed by atoms with Crippen LogP contribution in [0.5, 0.6) is 11.5 Å². The number of hydrogen-bond donors (Lipinski definition) is 1. The largest absolute Gasteiger partial charge is 0.486 e. The Morgan fingerprint density at radius 2 is 2.10 bits per heavy atom. The number of ether oxygens (including phenoxy) is 2. The van der Waals surface area contributed by atoms with Crippen LogP contribution in [0.1, 0.15) is 26.2 Å². The zero-order chi connectivity index (χ0) is 14.4. The molecule has 108 valence electrons. The summed E-state index contributed by atoms with van der Waals surface area (Å²) in [5.74, 6) is 2.58. The van der Waals surface area contributed by atoms with Gasteiger partial charge < -0.3 is 15.2 Å². The molecule has 1 aromatic rings. The van der Waals surface area contributed by atoms with Crippen molar-refractivity contribution in [2.24, 2.45) is 5.73 Å². The number of thioether (sulfide) groups is 1. The van der Waals surface area contributed by atoms with Crippen molar-refractivity contribution in [3.05, 3.63) is 18.2 Å². The van der Waals surface area contributed by atoms with Crippen LogP contribution in [-0.2, 0) is 0 Å². The molecule has 0 bridgehead atoms. The number of benzene rings is 1. The predicted molar refractivity (Wildman–Crippen MR) is 80.2 cm³/mol. The van der Waals surface area contributed by atoms with E-state index in [0.29, 0.717) is 19.6 Å². The maximum atomic E-state index is 9.02. The molecule has 0 radical (unpaired) electrons. The van der Waals surface area contributed by atoms with Gasteiger partial charge in [-0.3, -0.25) is 0 Å². The molecule has 2 rings (SSSR count). The third-order valence-corrected chi connectivity index (χ3v) is 4.48. The van der Waals surface area contributed by atoms with Crippen molar-refractivity contribution in [1.29, 1.82) is 5.26 Å². The van der Waals surface area contributed by atoms with Crippen molar-refractivity contribution >= 4 is 11.8 Å². The quantitative estimate of drug-likeness (QED) is 0.645. The summed E-state index contributed by atoms with van der Waals surface area (Å²) in [6.07, 6.45) is 2.35.